The number of aromatic nitrogens is 1. The molecule has 1 unspecified atom stereocenters. The van der Waals surface area contributed by atoms with Gasteiger partial charge < -0.3 is 18.9 Å². The second-order valence-electron chi connectivity index (χ2n) is 11.5. The van der Waals surface area contributed by atoms with Crippen LogP contribution in [-0.4, -0.2) is 66.6 Å². The zero-order valence-corrected chi connectivity index (χ0v) is 27.2. The van der Waals surface area contributed by atoms with Crippen LogP contribution < -0.4 is 20.0 Å². The number of hydrogen-bond acceptors (Lipinski definition) is 10. The van der Waals surface area contributed by atoms with E-state index < -0.39 is 60.2 Å². The molecule has 47 heavy (non-hydrogen) atoms. The third kappa shape index (κ3) is 5.34. The van der Waals surface area contributed by atoms with Gasteiger partial charge in [0.15, 0.2) is 17.3 Å². The maximum Gasteiger partial charge on any atom is 0.459 e. The number of thioether (sulfide) groups is 1. The van der Waals surface area contributed by atoms with E-state index in [1.165, 1.54) is 40.7 Å². The van der Waals surface area contributed by atoms with Crippen LogP contribution in [0.4, 0.5) is 8.78 Å². The smallest absolute Gasteiger partial charge is 0.459 e. The monoisotopic (exact) mass is 688 g/mol. The molecule has 1 saturated carbocycles. The van der Waals surface area contributed by atoms with Crippen LogP contribution in [0.3, 0.4) is 0 Å². The van der Waals surface area contributed by atoms with E-state index in [0.29, 0.717) is 18.4 Å². The summed E-state index contributed by atoms with van der Waals surface area (Å²) >= 11 is 1.36. The molecule has 1 N–H and O–H groups in total. The number of nitrogens with zero attached hydrogens (tertiary/aromatic N) is 3. The molecule has 0 spiro atoms. The molecule has 0 bridgehead atoms. The second kappa shape index (κ2) is 12.0. The normalized spacial score (nSPS) is 22.2. The quantitative estimate of drug-likeness (QED) is 0.272. The minimum absolute atomic E-state index is 0.0684. The van der Waals surface area contributed by atoms with E-state index >= 15 is 4.39 Å². The van der Waals surface area contributed by atoms with Gasteiger partial charge in [-0.05, 0) is 43.0 Å². The molecule has 1 aromatic heterocycles. The zero-order valence-electron chi connectivity index (χ0n) is 25.4. The van der Waals surface area contributed by atoms with Crippen molar-refractivity contribution in [3.8, 4) is 5.75 Å². The molecule has 1 aliphatic carbocycles. The average Bonchev–Trinajstić information content (AvgIpc) is 3.87. The number of ether oxygens (including phenoxy) is 2. The fourth-order valence-electron chi connectivity index (χ4n) is 6.37. The van der Waals surface area contributed by atoms with E-state index in [-0.39, 0.29) is 43.4 Å². The van der Waals surface area contributed by atoms with Crippen molar-refractivity contribution in [1.82, 2.24) is 14.7 Å². The van der Waals surface area contributed by atoms with Gasteiger partial charge in [-0.3, -0.25) is 28.6 Å². The first kappa shape index (κ1) is 31.8. The van der Waals surface area contributed by atoms with E-state index in [9.17, 15) is 23.3 Å². The molecule has 3 aliphatic heterocycles. The Morgan fingerprint density at radius 3 is 2.68 bits per heavy atom. The molecule has 2 aromatic carbocycles. The fraction of sp³-hybridized carbons (Fsp3) is 0.387. The van der Waals surface area contributed by atoms with Crippen molar-refractivity contribution in [2.45, 2.75) is 48.2 Å². The summed E-state index contributed by atoms with van der Waals surface area (Å²) in [6.07, 6.45) is 1.24. The first-order valence-electron chi connectivity index (χ1n) is 15.0. The van der Waals surface area contributed by atoms with Crippen LogP contribution in [-0.2, 0) is 29.1 Å². The molecule has 4 heterocycles. The molecule has 1 amide bonds. The SMILES string of the molecule is CCOP(=O)(NC1(C(=O)OC)CC1)Oc1c2n(ccc1=O)N([C@@H]1c3ccccc3SCc3c1ccc(F)c3F)[C@@H]1COCCN1C2=O. The number of amides is 1. The Balaban J connectivity index is 1.43. The number of fused-ring (bicyclic) bond motifs is 4. The zero-order chi connectivity index (χ0) is 33.1. The Kier molecular flexibility index (Phi) is 8.16. The molecule has 2 fully saturated rings. The van der Waals surface area contributed by atoms with E-state index in [2.05, 4.69) is 5.09 Å². The lowest BCUT2D eigenvalue weighted by Gasteiger charge is -2.51. The first-order valence-corrected chi connectivity index (χ1v) is 17.6. The van der Waals surface area contributed by atoms with Gasteiger partial charge in [0.25, 0.3) is 5.91 Å². The second-order valence-corrected chi connectivity index (χ2v) is 14.2. The molecule has 3 aromatic rings. The summed E-state index contributed by atoms with van der Waals surface area (Å²) in [6.45, 7) is 1.87. The molecular formula is C31H31F2N4O8PS. The number of halogens is 2. The lowest BCUT2D eigenvalue weighted by atomic mass is 9.93. The van der Waals surface area contributed by atoms with Gasteiger partial charge in [0.2, 0.25) is 11.2 Å². The van der Waals surface area contributed by atoms with Gasteiger partial charge in [-0.15, -0.1) is 11.8 Å². The third-order valence-electron chi connectivity index (χ3n) is 8.72. The van der Waals surface area contributed by atoms with Gasteiger partial charge in [0.05, 0.1) is 33.0 Å². The predicted molar refractivity (Wildman–Crippen MR) is 166 cm³/mol. The minimum Gasteiger partial charge on any atom is -0.468 e. The maximum atomic E-state index is 15.5. The number of hydrogen-bond donors (Lipinski definition) is 1. The first-order chi connectivity index (χ1) is 22.6. The van der Waals surface area contributed by atoms with Gasteiger partial charge in [0, 0.05) is 35.0 Å². The summed E-state index contributed by atoms with van der Waals surface area (Å²) in [4.78, 5) is 42.6. The highest BCUT2D eigenvalue weighted by Crippen LogP contribution is 2.53. The Labute approximate surface area is 272 Å². The van der Waals surface area contributed by atoms with Crippen LogP contribution in [0, 0.1) is 11.6 Å². The molecule has 248 valence electrons. The number of pyridine rings is 1. The number of benzene rings is 2. The largest absolute Gasteiger partial charge is 0.468 e. The van der Waals surface area contributed by atoms with Crippen molar-refractivity contribution in [2.24, 2.45) is 0 Å². The lowest BCUT2D eigenvalue weighted by Crippen LogP contribution is -2.66. The van der Waals surface area contributed by atoms with E-state index in [1.54, 1.807) is 11.9 Å². The molecule has 16 heteroatoms. The molecule has 4 aliphatic rings. The van der Waals surface area contributed by atoms with Crippen molar-refractivity contribution >= 4 is 31.4 Å². The Hall–Kier alpha value is -3.75. The van der Waals surface area contributed by atoms with Crippen molar-refractivity contribution in [2.75, 3.05) is 38.5 Å². The maximum absolute atomic E-state index is 15.5. The highest BCUT2D eigenvalue weighted by atomic mass is 32.2. The summed E-state index contributed by atoms with van der Waals surface area (Å²) in [5.74, 6) is -3.62. The van der Waals surface area contributed by atoms with Crippen LogP contribution in [0.15, 0.2) is 58.4 Å². The molecule has 0 radical (unpaired) electrons. The lowest BCUT2D eigenvalue weighted by molar-refractivity contribution is -0.143. The Morgan fingerprint density at radius 2 is 1.94 bits per heavy atom. The number of morpholine rings is 1. The Bertz CT molecular complexity index is 1890. The number of carbonyl (C=O) groups is 2. The summed E-state index contributed by atoms with van der Waals surface area (Å²) in [6, 6.07) is 10.4. The van der Waals surface area contributed by atoms with Crippen LogP contribution in [0.2, 0.25) is 0 Å². The van der Waals surface area contributed by atoms with Crippen molar-refractivity contribution in [3.63, 3.8) is 0 Å². The highest BCUT2D eigenvalue weighted by Gasteiger charge is 2.57. The molecule has 1 saturated heterocycles. The molecule has 12 nitrogen and oxygen atoms in total. The average molecular weight is 689 g/mol. The van der Waals surface area contributed by atoms with Gasteiger partial charge in [-0.25, -0.2) is 13.3 Å². The number of rotatable bonds is 8. The van der Waals surface area contributed by atoms with E-state index in [4.69, 9.17) is 18.5 Å². The number of methoxy groups -OCH3 is 1. The summed E-state index contributed by atoms with van der Waals surface area (Å²) in [7, 11) is -3.25. The Morgan fingerprint density at radius 1 is 1.15 bits per heavy atom. The van der Waals surface area contributed by atoms with Gasteiger partial charge in [-0.1, -0.05) is 24.3 Å². The van der Waals surface area contributed by atoms with Crippen molar-refractivity contribution in [1.29, 1.82) is 0 Å². The van der Waals surface area contributed by atoms with Crippen LogP contribution >= 0.6 is 19.5 Å². The van der Waals surface area contributed by atoms with E-state index in [0.717, 1.165) is 22.6 Å². The summed E-state index contributed by atoms with van der Waals surface area (Å²) < 4.78 is 67.8. The van der Waals surface area contributed by atoms with Gasteiger partial charge in [0.1, 0.15) is 11.7 Å². The van der Waals surface area contributed by atoms with Crippen molar-refractivity contribution in [3.05, 3.63) is 92.9 Å². The van der Waals surface area contributed by atoms with Crippen molar-refractivity contribution < 1.29 is 41.5 Å². The summed E-state index contributed by atoms with van der Waals surface area (Å²) in [5.41, 5.74) is -0.961. The van der Waals surface area contributed by atoms with Crippen LogP contribution in [0.5, 0.6) is 5.75 Å². The highest BCUT2D eigenvalue weighted by molar-refractivity contribution is 7.98. The fourth-order valence-corrected chi connectivity index (χ4v) is 9.25. The predicted octanol–water partition coefficient (Wildman–Crippen LogP) is 4.09. The molecule has 7 rings (SSSR count). The molecule has 3 atom stereocenters. The van der Waals surface area contributed by atoms with Crippen LogP contribution in [0.1, 0.15) is 53.0 Å². The number of nitrogens with one attached hydrogen (secondary N) is 1. The topological polar surface area (TPSA) is 129 Å². The number of carbonyl (C=O) groups excluding carboxylic acids is 2. The number of esters is 1. The standard InChI is InChI=1S/C31H31F2N4O8PS/c1-3-44-46(41,34-31(11-12-31)30(40)42-2)45-28-22(38)10-13-36-27(28)29(39)35-14-15-43-16-24(35)37(36)26-18-8-9-21(32)25(33)20(18)17-47-23-7-5-4-6-19(23)26/h4-10,13,24,26H,3,11-12,14-17H2,1-2H3,(H,34,41)/t24-,26+,46?/m1/s1. The van der Waals surface area contributed by atoms with Gasteiger partial charge in [-0.2, -0.15) is 5.09 Å². The van der Waals surface area contributed by atoms with Gasteiger partial charge >= 0.3 is 13.7 Å². The minimum atomic E-state index is -4.45. The summed E-state index contributed by atoms with van der Waals surface area (Å²) in [5, 5.41) is 4.43. The third-order valence-corrected chi connectivity index (χ3v) is 11.6. The van der Waals surface area contributed by atoms with E-state index in [1.807, 2.05) is 24.3 Å². The van der Waals surface area contributed by atoms with Crippen LogP contribution in [0.25, 0.3) is 0 Å². The molecular weight excluding hydrogens is 657 g/mol.